The minimum atomic E-state index is -0.666. The zero-order chi connectivity index (χ0) is 14.9. The van der Waals surface area contributed by atoms with Crippen LogP contribution in [0.4, 0.5) is 0 Å². The normalized spacial score (nSPS) is 26.3. The van der Waals surface area contributed by atoms with Crippen LogP contribution in [0.5, 0.6) is 0 Å². The third-order valence-corrected chi connectivity index (χ3v) is 4.29. The highest BCUT2D eigenvalue weighted by atomic mass is 16.5. The molecule has 1 N–H and O–H groups in total. The van der Waals surface area contributed by atoms with E-state index in [0.29, 0.717) is 25.3 Å². The maximum Gasteiger partial charge on any atom is 0.257 e. The van der Waals surface area contributed by atoms with Crippen molar-refractivity contribution in [3.05, 3.63) is 24.3 Å². The van der Waals surface area contributed by atoms with E-state index >= 15 is 0 Å². The van der Waals surface area contributed by atoms with E-state index in [2.05, 4.69) is 15.3 Å². The van der Waals surface area contributed by atoms with Crippen LogP contribution in [-0.4, -0.2) is 59.0 Å². The molecule has 2 aliphatic rings. The molecule has 1 aliphatic carbocycles. The Morgan fingerprint density at radius 2 is 2.24 bits per heavy atom. The van der Waals surface area contributed by atoms with Gasteiger partial charge in [0.25, 0.3) is 5.91 Å². The van der Waals surface area contributed by atoms with E-state index in [9.17, 15) is 9.59 Å². The van der Waals surface area contributed by atoms with Crippen molar-refractivity contribution in [1.82, 2.24) is 20.2 Å². The molecular weight excluding hydrogens is 272 g/mol. The summed E-state index contributed by atoms with van der Waals surface area (Å²) in [6.07, 6.45) is 5.97. The largest absolute Gasteiger partial charge is 0.383 e. The fourth-order valence-corrected chi connectivity index (χ4v) is 3.14. The molecule has 112 valence electrons. The summed E-state index contributed by atoms with van der Waals surface area (Å²) in [6, 6.07) is 0. The molecule has 0 radical (unpaired) electrons. The Balaban J connectivity index is 1.74. The molecule has 2 fully saturated rings. The second-order valence-electron chi connectivity index (χ2n) is 5.45. The Morgan fingerprint density at radius 1 is 1.48 bits per heavy atom. The Bertz CT molecular complexity index is 550. The predicted molar refractivity (Wildman–Crippen MR) is 73.4 cm³/mol. The minimum Gasteiger partial charge on any atom is -0.383 e. The quantitative estimate of drug-likeness (QED) is 0.762. The van der Waals surface area contributed by atoms with Crippen LogP contribution in [0, 0.1) is 5.92 Å². The van der Waals surface area contributed by atoms with E-state index in [1.54, 1.807) is 12.0 Å². The van der Waals surface area contributed by atoms with Crippen LogP contribution >= 0.6 is 0 Å². The second-order valence-corrected chi connectivity index (χ2v) is 5.45. The van der Waals surface area contributed by atoms with Gasteiger partial charge in [0.15, 0.2) is 0 Å². The molecule has 2 unspecified atom stereocenters. The molecule has 1 aliphatic heterocycles. The number of methoxy groups -OCH3 is 1. The SMILES string of the molecule is COCCNC(=O)C12CC1CCN2C(=O)c1cncnc1. The predicted octanol–water partition coefficient (Wildman–Crippen LogP) is -0.156. The minimum absolute atomic E-state index is 0.0766. The number of carbonyl (C=O) groups excluding carboxylic acids is 2. The van der Waals surface area contributed by atoms with Crippen molar-refractivity contribution in [2.75, 3.05) is 26.8 Å². The number of hydrogen-bond donors (Lipinski definition) is 1. The van der Waals surface area contributed by atoms with Gasteiger partial charge in [0.05, 0.1) is 12.2 Å². The fraction of sp³-hybridized carbons (Fsp3) is 0.571. The molecule has 7 heteroatoms. The van der Waals surface area contributed by atoms with Crippen LogP contribution in [0.1, 0.15) is 23.2 Å². The molecular formula is C14H18N4O3. The Kier molecular flexibility index (Phi) is 3.59. The fourth-order valence-electron chi connectivity index (χ4n) is 3.14. The van der Waals surface area contributed by atoms with E-state index in [1.807, 2.05) is 0 Å². The van der Waals surface area contributed by atoms with Crippen molar-refractivity contribution in [3.8, 4) is 0 Å². The molecule has 0 aromatic carbocycles. The third-order valence-electron chi connectivity index (χ3n) is 4.29. The van der Waals surface area contributed by atoms with Gasteiger partial charge in [0.1, 0.15) is 11.9 Å². The van der Waals surface area contributed by atoms with Crippen LogP contribution < -0.4 is 5.32 Å². The van der Waals surface area contributed by atoms with E-state index in [4.69, 9.17) is 4.74 Å². The highest BCUT2D eigenvalue weighted by molar-refractivity contribution is 6.01. The van der Waals surface area contributed by atoms with E-state index < -0.39 is 5.54 Å². The zero-order valence-electron chi connectivity index (χ0n) is 11.9. The van der Waals surface area contributed by atoms with Gasteiger partial charge in [0.2, 0.25) is 5.91 Å². The van der Waals surface area contributed by atoms with Crippen LogP contribution in [-0.2, 0) is 9.53 Å². The number of carbonyl (C=O) groups is 2. The lowest BCUT2D eigenvalue weighted by Crippen LogP contribution is -2.51. The summed E-state index contributed by atoms with van der Waals surface area (Å²) < 4.78 is 4.93. The van der Waals surface area contributed by atoms with E-state index in [-0.39, 0.29) is 17.7 Å². The number of nitrogens with zero attached hydrogens (tertiary/aromatic N) is 3. The standard InChI is InChI=1S/C14H18N4O3/c1-21-5-3-17-13(20)14-6-11(14)2-4-18(14)12(19)10-7-15-9-16-8-10/h7-9,11H,2-6H2,1H3,(H,17,20). The summed E-state index contributed by atoms with van der Waals surface area (Å²) in [5.41, 5.74) is -0.241. The topological polar surface area (TPSA) is 84.4 Å². The maximum atomic E-state index is 12.6. The van der Waals surface area contributed by atoms with E-state index in [1.165, 1.54) is 18.7 Å². The van der Waals surface area contributed by atoms with Gasteiger partial charge in [0, 0.05) is 32.6 Å². The highest BCUT2D eigenvalue weighted by Gasteiger charge is 2.68. The van der Waals surface area contributed by atoms with Crippen molar-refractivity contribution >= 4 is 11.8 Å². The summed E-state index contributed by atoms with van der Waals surface area (Å²) in [5, 5.41) is 2.85. The highest BCUT2D eigenvalue weighted by Crippen LogP contribution is 2.56. The lowest BCUT2D eigenvalue weighted by Gasteiger charge is -2.27. The average Bonchev–Trinajstić information content (AvgIpc) is 3.14. The van der Waals surface area contributed by atoms with Gasteiger partial charge in [-0.3, -0.25) is 9.59 Å². The molecule has 1 saturated heterocycles. The van der Waals surface area contributed by atoms with Gasteiger partial charge in [-0.05, 0) is 18.8 Å². The number of fused-ring (bicyclic) bond motifs is 1. The van der Waals surface area contributed by atoms with Crippen LogP contribution in [0.3, 0.4) is 0 Å². The first-order valence-corrected chi connectivity index (χ1v) is 7.04. The molecule has 1 saturated carbocycles. The smallest absolute Gasteiger partial charge is 0.257 e. The first-order chi connectivity index (χ1) is 10.2. The van der Waals surface area contributed by atoms with Gasteiger partial charge in [-0.15, -0.1) is 0 Å². The number of rotatable bonds is 5. The zero-order valence-corrected chi connectivity index (χ0v) is 11.9. The molecule has 1 aromatic heterocycles. The summed E-state index contributed by atoms with van der Waals surface area (Å²) >= 11 is 0. The number of hydrogen-bond acceptors (Lipinski definition) is 5. The number of amides is 2. The summed E-state index contributed by atoms with van der Waals surface area (Å²) in [7, 11) is 1.59. The van der Waals surface area contributed by atoms with Gasteiger partial charge in [-0.25, -0.2) is 9.97 Å². The van der Waals surface area contributed by atoms with Crippen LogP contribution in [0.2, 0.25) is 0 Å². The Morgan fingerprint density at radius 3 is 2.90 bits per heavy atom. The molecule has 2 heterocycles. The summed E-state index contributed by atoms with van der Waals surface area (Å²) in [4.78, 5) is 34.4. The first kappa shape index (κ1) is 13.9. The van der Waals surface area contributed by atoms with Gasteiger partial charge < -0.3 is 15.0 Å². The summed E-state index contributed by atoms with van der Waals surface area (Å²) in [5.74, 6) is 0.0263. The Labute approximate surface area is 122 Å². The molecule has 3 rings (SSSR count). The lowest BCUT2D eigenvalue weighted by molar-refractivity contribution is -0.126. The number of aromatic nitrogens is 2. The average molecular weight is 290 g/mol. The van der Waals surface area contributed by atoms with Gasteiger partial charge in [-0.1, -0.05) is 0 Å². The van der Waals surface area contributed by atoms with Gasteiger partial charge in [-0.2, -0.15) is 0 Å². The lowest BCUT2D eigenvalue weighted by atomic mass is 10.1. The van der Waals surface area contributed by atoms with Crippen LogP contribution in [0.25, 0.3) is 0 Å². The number of likely N-dealkylation sites (tertiary alicyclic amines) is 1. The molecule has 2 atom stereocenters. The Hall–Kier alpha value is -2.02. The monoisotopic (exact) mass is 290 g/mol. The molecule has 7 nitrogen and oxygen atoms in total. The van der Waals surface area contributed by atoms with Crippen LogP contribution in [0.15, 0.2) is 18.7 Å². The first-order valence-electron chi connectivity index (χ1n) is 7.04. The second kappa shape index (κ2) is 5.40. The van der Waals surface area contributed by atoms with E-state index in [0.717, 1.165) is 12.8 Å². The third kappa shape index (κ3) is 2.27. The van der Waals surface area contributed by atoms with Gasteiger partial charge >= 0.3 is 0 Å². The molecule has 0 bridgehead atoms. The number of piperidine rings is 1. The summed E-state index contributed by atoms with van der Waals surface area (Å²) in [6.45, 7) is 1.53. The van der Waals surface area contributed by atoms with Crippen molar-refractivity contribution in [1.29, 1.82) is 0 Å². The maximum absolute atomic E-state index is 12.6. The van der Waals surface area contributed by atoms with Crippen molar-refractivity contribution in [2.45, 2.75) is 18.4 Å². The molecule has 1 aromatic rings. The van der Waals surface area contributed by atoms with Crippen molar-refractivity contribution < 1.29 is 14.3 Å². The number of nitrogens with one attached hydrogen (secondary N) is 1. The van der Waals surface area contributed by atoms with Crippen molar-refractivity contribution in [3.63, 3.8) is 0 Å². The molecule has 21 heavy (non-hydrogen) atoms. The molecule has 0 spiro atoms. The number of ether oxygens (including phenoxy) is 1. The molecule has 2 amide bonds. The van der Waals surface area contributed by atoms with Crippen molar-refractivity contribution in [2.24, 2.45) is 5.92 Å².